The molecule has 0 radical (unpaired) electrons. The van der Waals surface area contributed by atoms with E-state index in [4.69, 9.17) is 50.9 Å². The number of rotatable bonds is 15. The van der Waals surface area contributed by atoms with Crippen LogP contribution < -0.4 is 16.0 Å². The minimum Gasteiger partial charge on any atom is -0.337 e. The van der Waals surface area contributed by atoms with Crippen molar-refractivity contribution in [2.24, 2.45) is 0 Å². The van der Waals surface area contributed by atoms with Crippen molar-refractivity contribution in [3.8, 4) is 35.3 Å². The third kappa shape index (κ3) is 14.7. The van der Waals surface area contributed by atoms with Gasteiger partial charge in [-0.3, -0.25) is 0 Å². The number of nitrogens with one attached hydrogen (secondary N) is 3. The van der Waals surface area contributed by atoms with Gasteiger partial charge in [0.15, 0.2) is 0 Å². The van der Waals surface area contributed by atoms with Crippen LogP contribution in [0.1, 0.15) is 56.4 Å². The minimum atomic E-state index is 0.276. The first-order valence-electron chi connectivity index (χ1n) is 25.7. The highest BCUT2D eigenvalue weighted by atomic mass is 35.5. The third-order valence-electron chi connectivity index (χ3n) is 12.6. The van der Waals surface area contributed by atoms with Crippen LogP contribution in [0.2, 0.25) is 20.1 Å². The summed E-state index contributed by atoms with van der Waals surface area (Å²) in [6.07, 6.45) is 14.3. The highest BCUT2D eigenvalue weighted by Gasteiger charge is 2.16. The Morgan fingerprint density at radius 1 is 0.482 bits per heavy atom. The first-order valence-corrected chi connectivity index (χ1v) is 27.3. The Morgan fingerprint density at radius 3 is 1.40 bits per heavy atom. The topological polar surface area (TPSA) is 261 Å². The Labute approximate surface area is 506 Å². The molecule has 6 heterocycles. The molecule has 0 spiro atoms. The molecule has 0 unspecified atom stereocenters. The average Bonchev–Trinajstić information content (AvgIpc) is 4.52. The first-order chi connectivity index (χ1) is 41.2. The molecular weight excluding hydrogens is 1160 g/mol. The maximum atomic E-state index is 9.52. The van der Waals surface area contributed by atoms with E-state index in [1.54, 1.807) is 94.1 Å². The summed E-state index contributed by atoms with van der Waals surface area (Å²) >= 11 is 24.5. The number of aromatic nitrogens is 14. The molecule has 12 aromatic rings. The van der Waals surface area contributed by atoms with Gasteiger partial charge < -0.3 is 34.2 Å². The largest absolute Gasteiger partial charge is 0.337 e. The summed E-state index contributed by atoms with van der Waals surface area (Å²) in [7, 11) is 0. The van der Waals surface area contributed by atoms with Gasteiger partial charge in [0.2, 0.25) is 17.8 Å². The van der Waals surface area contributed by atoms with Gasteiger partial charge in [-0.25, -0.2) is 34.3 Å². The smallest absolute Gasteiger partial charge is 0.267 e. The van der Waals surface area contributed by atoms with Crippen LogP contribution in [-0.4, -0.2) is 68.3 Å². The highest BCUT2D eigenvalue weighted by Crippen LogP contribution is 2.29. The molecule has 0 saturated carbocycles. The molecule has 85 heavy (non-hydrogen) atoms. The summed E-state index contributed by atoms with van der Waals surface area (Å²) < 4.78 is 14.2. The lowest BCUT2D eigenvalue weighted by atomic mass is 10.1. The molecule has 12 rings (SSSR count). The molecule has 0 fully saturated rings. The molecule has 3 N–H and O–H groups in total. The lowest BCUT2D eigenvalue weighted by Crippen LogP contribution is -2.02. The van der Waals surface area contributed by atoms with Gasteiger partial charge in [0.25, 0.3) is 5.95 Å². The van der Waals surface area contributed by atoms with Gasteiger partial charge >= 0.3 is 0 Å². The van der Waals surface area contributed by atoms with Crippen LogP contribution in [0.5, 0.6) is 0 Å². The number of aryl methyl sites for hydroxylation is 3. The molecule has 0 aliphatic rings. The molecule has 6 aromatic carbocycles. The Bertz CT molecular complexity index is 4420. The molecule has 0 amide bonds. The van der Waals surface area contributed by atoms with Crippen LogP contribution in [0.4, 0.5) is 34.9 Å². The van der Waals surface area contributed by atoms with Crippen molar-refractivity contribution in [1.29, 1.82) is 15.8 Å². The third-order valence-corrected chi connectivity index (χ3v) is 13.8. The number of halogens is 4. The number of imidazole rings is 3. The number of benzene rings is 6. The van der Waals surface area contributed by atoms with E-state index >= 15 is 0 Å². The van der Waals surface area contributed by atoms with Crippen molar-refractivity contribution in [1.82, 2.24) is 68.3 Å². The number of nitrogens with zero attached hydrogens (tertiary/aromatic N) is 17. The van der Waals surface area contributed by atoms with Crippen LogP contribution in [0.15, 0.2) is 176 Å². The highest BCUT2D eigenvalue weighted by molar-refractivity contribution is 6.36. The van der Waals surface area contributed by atoms with E-state index in [0.29, 0.717) is 85.5 Å². The molecule has 0 saturated heterocycles. The Kier molecular flexibility index (Phi) is 18.0. The van der Waals surface area contributed by atoms with Gasteiger partial charge in [-0.05, 0) is 121 Å². The fraction of sp³-hybridized carbons (Fsp3) is 0.100. The Morgan fingerprint density at radius 2 is 0.953 bits per heavy atom. The minimum absolute atomic E-state index is 0.276. The van der Waals surface area contributed by atoms with Crippen LogP contribution in [-0.2, 0) is 19.5 Å². The van der Waals surface area contributed by atoms with Crippen molar-refractivity contribution in [3.63, 3.8) is 0 Å². The normalized spacial score (nSPS) is 10.6. The number of hydrogen-bond donors (Lipinski definition) is 3. The standard InChI is InChI=1S/C20H15Cl2N7.C20H14Cl2N6O.C20H17N7/c1-13-9-28(11-24-13)19-5-4-17(6-15(19)8-23)26-20-25-12-29(27-20)10-14-2-3-16(21)7-18(14)22;1-12-10-28(11-24-12)18-6-5-14(7-13(18)9-23)25-20-26-19(29-27-20)8-15-16(21)3-2-4-17(15)22;1-15-11-26(13-22-15)19-8-7-18(9-17(19)10-21)24-20-23-14-27(25-20)12-16-5-3-2-4-6-16/h2-7,9,11-12H,10H2,1H3,(H,26,27);2-7,10-11H,8H2,1H3,(H,25,27);2-9,11,13-14H,12H2,1H3,(H,24,25). The van der Waals surface area contributed by atoms with E-state index in [-0.39, 0.29) is 5.95 Å². The quantitative estimate of drug-likeness (QED) is 0.0861. The number of nitriles is 3. The van der Waals surface area contributed by atoms with Gasteiger partial charge in [0, 0.05) is 55.7 Å². The van der Waals surface area contributed by atoms with Crippen molar-refractivity contribution in [2.75, 3.05) is 16.0 Å². The van der Waals surface area contributed by atoms with E-state index in [2.05, 4.69) is 79.4 Å². The van der Waals surface area contributed by atoms with Gasteiger partial charge in [-0.15, -0.1) is 10.2 Å². The maximum absolute atomic E-state index is 9.52. The second kappa shape index (κ2) is 26.5. The monoisotopic (exact) mass is 1200 g/mol. The summed E-state index contributed by atoms with van der Waals surface area (Å²) in [5, 5.41) is 52.8. The molecular formula is C60H46Cl4N20O. The van der Waals surface area contributed by atoms with E-state index in [1.165, 1.54) is 0 Å². The lowest BCUT2D eigenvalue weighted by molar-refractivity contribution is 0.386. The van der Waals surface area contributed by atoms with E-state index in [0.717, 1.165) is 56.5 Å². The fourth-order valence-electron chi connectivity index (χ4n) is 8.51. The van der Waals surface area contributed by atoms with Gasteiger partial charge in [-0.1, -0.05) is 88.9 Å². The van der Waals surface area contributed by atoms with Crippen molar-refractivity contribution in [2.45, 2.75) is 40.3 Å². The average molecular weight is 1200 g/mol. The Balaban J connectivity index is 0.000000142. The predicted molar refractivity (Wildman–Crippen MR) is 324 cm³/mol. The molecule has 6 aromatic heterocycles. The second-order valence-corrected chi connectivity index (χ2v) is 20.5. The Hall–Kier alpha value is -10.6. The zero-order valence-electron chi connectivity index (χ0n) is 45.3. The van der Waals surface area contributed by atoms with E-state index < -0.39 is 0 Å². The maximum Gasteiger partial charge on any atom is 0.267 e. The molecule has 25 heteroatoms. The van der Waals surface area contributed by atoms with E-state index in [9.17, 15) is 15.8 Å². The molecule has 0 aliphatic carbocycles. The summed E-state index contributed by atoms with van der Waals surface area (Å²) in [4.78, 5) is 25.5. The van der Waals surface area contributed by atoms with E-state index in [1.807, 2.05) is 121 Å². The summed E-state index contributed by atoms with van der Waals surface area (Å²) in [6.45, 7) is 6.82. The number of hydrogen-bond acceptors (Lipinski definition) is 16. The number of anilines is 6. The molecule has 0 atom stereocenters. The summed E-state index contributed by atoms with van der Waals surface area (Å²) in [5.41, 5.74) is 11.4. The predicted octanol–water partition coefficient (Wildman–Crippen LogP) is 13.3. The van der Waals surface area contributed by atoms with Crippen LogP contribution >= 0.6 is 46.4 Å². The van der Waals surface area contributed by atoms with Crippen molar-refractivity contribution < 1.29 is 4.52 Å². The molecule has 420 valence electrons. The molecule has 21 nitrogen and oxygen atoms in total. The van der Waals surface area contributed by atoms with Crippen LogP contribution in [0, 0.1) is 54.8 Å². The van der Waals surface area contributed by atoms with Crippen molar-refractivity contribution >= 4 is 81.3 Å². The zero-order valence-corrected chi connectivity index (χ0v) is 48.3. The molecule has 0 bridgehead atoms. The van der Waals surface area contributed by atoms with Gasteiger partial charge in [0.05, 0.1) is 89.3 Å². The van der Waals surface area contributed by atoms with Crippen LogP contribution in [0.25, 0.3) is 17.1 Å². The first kappa shape index (κ1) is 57.6. The second-order valence-electron chi connectivity index (χ2n) is 18.8. The SMILES string of the molecule is Cc1cn(-c2ccc(Nc3ncn(Cc4ccc(Cl)cc4Cl)n3)cc2C#N)cn1.Cc1cn(-c2ccc(Nc3ncn(Cc4ccccc4)n3)cc2C#N)cn1.Cc1cn(-c2ccc(Nc3noc(Cc4c(Cl)cccc4Cl)n3)cc2C#N)cn1. The van der Waals surface area contributed by atoms with Gasteiger partial charge in [0.1, 0.15) is 30.9 Å². The summed E-state index contributed by atoms with van der Waals surface area (Å²) in [6, 6.07) is 43.7. The zero-order chi connectivity index (χ0) is 59.4. The van der Waals surface area contributed by atoms with Crippen LogP contribution in [0.3, 0.4) is 0 Å². The lowest BCUT2D eigenvalue weighted by Gasteiger charge is -2.08. The fourth-order valence-corrected chi connectivity index (χ4v) is 9.51. The molecule has 0 aliphatic heterocycles. The summed E-state index contributed by atoms with van der Waals surface area (Å²) in [5.74, 6) is 1.55. The van der Waals surface area contributed by atoms with Crippen molar-refractivity contribution in [3.05, 3.63) is 248 Å². The van der Waals surface area contributed by atoms with Gasteiger partial charge in [-0.2, -0.15) is 20.8 Å².